The van der Waals surface area contributed by atoms with Gasteiger partial charge < -0.3 is 11.1 Å². The van der Waals surface area contributed by atoms with Crippen LogP contribution in [0, 0.1) is 0 Å². The first-order valence-corrected chi connectivity index (χ1v) is 3.45. The van der Waals surface area contributed by atoms with Gasteiger partial charge in [0.2, 0.25) is 0 Å². The topological polar surface area (TPSA) is 50.9 Å². The predicted molar refractivity (Wildman–Crippen MR) is 39.3 cm³/mol. The van der Waals surface area contributed by atoms with Gasteiger partial charge in [-0.1, -0.05) is 0 Å². The number of anilines is 1. The molecular formula is C5H9N3S. The van der Waals surface area contributed by atoms with Gasteiger partial charge >= 0.3 is 0 Å². The summed E-state index contributed by atoms with van der Waals surface area (Å²) in [6.07, 6.45) is 1.68. The highest BCUT2D eigenvalue weighted by molar-refractivity contribution is 7.06. The van der Waals surface area contributed by atoms with Gasteiger partial charge in [0.25, 0.3) is 0 Å². The Labute approximate surface area is 58.1 Å². The Morgan fingerprint density at radius 1 is 1.89 bits per heavy atom. The van der Waals surface area contributed by atoms with E-state index in [4.69, 9.17) is 5.73 Å². The highest BCUT2D eigenvalue weighted by Gasteiger charge is 1.97. The number of nitrogens with one attached hydrogen (secondary N) is 1. The smallest absolute Gasteiger partial charge is 0.0672 e. The molecule has 1 rings (SSSR count). The van der Waals surface area contributed by atoms with Crippen molar-refractivity contribution in [3.8, 4) is 0 Å². The Morgan fingerprint density at radius 3 is 3.11 bits per heavy atom. The van der Waals surface area contributed by atoms with Crippen LogP contribution in [0.25, 0.3) is 0 Å². The molecule has 3 N–H and O–H groups in total. The van der Waals surface area contributed by atoms with Gasteiger partial charge in [-0.15, -0.1) is 0 Å². The summed E-state index contributed by atoms with van der Waals surface area (Å²) in [7, 11) is 1.89. The van der Waals surface area contributed by atoms with Crippen molar-refractivity contribution in [2.75, 3.05) is 12.8 Å². The third kappa shape index (κ3) is 1.40. The van der Waals surface area contributed by atoms with E-state index in [9.17, 15) is 0 Å². The monoisotopic (exact) mass is 143 g/mol. The van der Waals surface area contributed by atoms with Crippen molar-refractivity contribution in [1.82, 2.24) is 9.69 Å². The average Bonchev–Trinajstić information content (AvgIpc) is 2.18. The lowest BCUT2D eigenvalue weighted by molar-refractivity contribution is 0.833. The molecule has 0 unspecified atom stereocenters. The van der Waals surface area contributed by atoms with E-state index >= 15 is 0 Å². The molecule has 4 heteroatoms. The third-order valence-corrected chi connectivity index (χ3v) is 1.83. The van der Waals surface area contributed by atoms with Crippen LogP contribution >= 0.6 is 11.5 Å². The van der Waals surface area contributed by atoms with E-state index in [0.29, 0.717) is 0 Å². The summed E-state index contributed by atoms with van der Waals surface area (Å²) in [4.78, 5) is 1.11. The Bertz CT molecular complexity index is 184. The molecule has 0 aliphatic rings. The Morgan fingerprint density at radius 2 is 2.67 bits per heavy atom. The summed E-state index contributed by atoms with van der Waals surface area (Å²) in [5.41, 5.74) is 6.32. The zero-order valence-corrected chi connectivity index (χ0v) is 6.03. The van der Waals surface area contributed by atoms with Gasteiger partial charge in [0, 0.05) is 6.54 Å². The van der Waals surface area contributed by atoms with Gasteiger partial charge in [-0.2, -0.15) is 4.37 Å². The summed E-state index contributed by atoms with van der Waals surface area (Å²) in [6, 6.07) is 0. The van der Waals surface area contributed by atoms with E-state index in [2.05, 4.69) is 9.69 Å². The fourth-order valence-electron chi connectivity index (χ4n) is 0.566. The second-order valence-corrected chi connectivity index (χ2v) is 2.62. The van der Waals surface area contributed by atoms with Crippen LogP contribution < -0.4 is 11.1 Å². The largest absolute Gasteiger partial charge is 0.396 e. The normalized spacial score (nSPS) is 9.89. The van der Waals surface area contributed by atoms with E-state index < -0.39 is 0 Å². The molecule has 0 bridgehead atoms. The number of nitrogens with two attached hydrogens (primary N) is 1. The molecule has 0 saturated carbocycles. The molecule has 0 radical (unpaired) electrons. The van der Waals surface area contributed by atoms with E-state index in [0.717, 1.165) is 17.1 Å². The Hall–Kier alpha value is -0.610. The van der Waals surface area contributed by atoms with Gasteiger partial charge in [-0.05, 0) is 18.6 Å². The number of rotatable bonds is 2. The standard InChI is InChI=1S/C5H9N3S/c1-7-3-5-4(6)2-8-9-5/h2,7H,3,6H2,1H3. The Kier molecular flexibility index (Phi) is 2.02. The van der Waals surface area contributed by atoms with Crippen molar-refractivity contribution < 1.29 is 0 Å². The molecular weight excluding hydrogens is 134 g/mol. The molecule has 0 aromatic carbocycles. The van der Waals surface area contributed by atoms with Crippen molar-refractivity contribution in [2.45, 2.75) is 6.54 Å². The average molecular weight is 143 g/mol. The van der Waals surface area contributed by atoms with E-state index in [1.165, 1.54) is 11.5 Å². The first-order chi connectivity index (χ1) is 4.34. The molecule has 0 spiro atoms. The fraction of sp³-hybridized carbons (Fsp3) is 0.400. The van der Waals surface area contributed by atoms with E-state index in [1.807, 2.05) is 7.05 Å². The molecule has 0 fully saturated rings. The molecule has 3 nitrogen and oxygen atoms in total. The first kappa shape index (κ1) is 6.51. The van der Waals surface area contributed by atoms with Crippen LogP contribution in [0.1, 0.15) is 4.88 Å². The van der Waals surface area contributed by atoms with Gasteiger partial charge in [0.15, 0.2) is 0 Å². The summed E-state index contributed by atoms with van der Waals surface area (Å²) in [6.45, 7) is 0.816. The zero-order valence-electron chi connectivity index (χ0n) is 5.22. The number of hydrogen-bond acceptors (Lipinski definition) is 4. The molecule has 0 aliphatic carbocycles. The fourth-order valence-corrected chi connectivity index (χ4v) is 1.23. The quantitative estimate of drug-likeness (QED) is 0.631. The highest BCUT2D eigenvalue weighted by Crippen LogP contribution is 2.13. The van der Waals surface area contributed by atoms with Crippen LogP contribution in [0.2, 0.25) is 0 Å². The predicted octanol–water partition coefficient (Wildman–Crippen LogP) is 0.445. The van der Waals surface area contributed by atoms with Crippen molar-refractivity contribution in [3.05, 3.63) is 11.1 Å². The molecule has 0 saturated heterocycles. The molecule has 9 heavy (non-hydrogen) atoms. The summed E-state index contributed by atoms with van der Waals surface area (Å²) < 4.78 is 3.92. The van der Waals surface area contributed by atoms with Crippen molar-refractivity contribution in [1.29, 1.82) is 0 Å². The zero-order chi connectivity index (χ0) is 6.69. The SMILES string of the molecule is CNCc1sncc1N. The van der Waals surface area contributed by atoms with Gasteiger partial charge in [-0.25, -0.2) is 0 Å². The first-order valence-electron chi connectivity index (χ1n) is 2.68. The molecule has 50 valence electrons. The maximum Gasteiger partial charge on any atom is 0.0672 e. The molecule has 1 aromatic rings. The summed E-state index contributed by atoms with van der Waals surface area (Å²) >= 11 is 1.44. The van der Waals surface area contributed by atoms with Gasteiger partial charge in [-0.3, -0.25) is 0 Å². The van der Waals surface area contributed by atoms with Crippen LogP contribution in [-0.2, 0) is 6.54 Å². The number of nitrogen functional groups attached to an aromatic ring is 1. The number of nitrogens with zero attached hydrogens (tertiary/aromatic N) is 1. The molecule has 0 aliphatic heterocycles. The van der Waals surface area contributed by atoms with Crippen LogP contribution in [0.3, 0.4) is 0 Å². The van der Waals surface area contributed by atoms with Crippen LogP contribution in [0.4, 0.5) is 5.69 Å². The molecule has 1 aromatic heterocycles. The lowest BCUT2D eigenvalue weighted by Gasteiger charge is -1.92. The third-order valence-electron chi connectivity index (χ3n) is 1.01. The minimum absolute atomic E-state index is 0.786. The molecule has 0 amide bonds. The number of aromatic nitrogens is 1. The second-order valence-electron chi connectivity index (χ2n) is 1.73. The van der Waals surface area contributed by atoms with E-state index in [1.54, 1.807) is 6.20 Å². The maximum atomic E-state index is 5.53. The lowest BCUT2D eigenvalue weighted by Crippen LogP contribution is -2.04. The Balaban J connectivity index is 2.69. The van der Waals surface area contributed by atoms with Crippen molar-refractivity contribution in [3.63, 3.8) is 0 Å². The maximum absolute atomic E-state index is 5.53. The van der Waals surface area contributed by atoms with E-state index in [-0.39, 0.29) is 0 Å². The van der Waals surface area contributed by atoms with Crippen LogP contribution in [-0.4, -0.2) is 11.4 Å². The van der Waals surface area contributed by atoms with Crippen molar-refractivity contribution in [2.24, 2.45) is 0 Å². The van der Waals surface area contributed by atoms with Crippen LogP contribution in [0.15, 0.2) is 6.20 Å². The molecule has 0 atom stereocenters. The summed E-state index contributed by atoms with van der Waals surface area (Å²) in [5.74, 6) is 0. The minimum Gasteiger partial charge on any atom is -0.396 e. The molecule has 1 heterocycles. The lowest BCUT2D eigenvalue weighted by atomic mass is 10.4. The van der Waals surface area contributed by atoms with Crippen LogP contribution in [0.5, 0.6) is 0 Å². The van der Waals surface area contributed by atoms with Crippen molar-refractivity contribution >= 4 is 17.2 Å². The van der Waals surface area contributed by atoms with Gasteiger partial charge in [0.1, 0.15) is 0 Å². The second kappa shape index (κ2) is 2.80. The minimum atomic E-state index is 0.786. The highest BCUT2D eigenvalue weighted by atomic mass is 32.1. The van der Waals surface area contributed by atoms with Gasteiger partial charge in [0.05, 0.1) is 16.8 Å². The number of hydrogen-bond donors (Lipinski definition) is 2. The summed E-state index contributed by atoms with van der Waals surface area (Å²) in [5, 5.41) is 3.00.